The number of fused-ring (bicyclic) bond motifs is 1. The van der Waals surface area contributed by atoms with Gasteiger partial charge in [-0.2, -0.15) is 0 Å². The van der Waals surface area contributed by atoms with Gasteiger partial charge in [0, 0.05) is 18.7 Å². The standard InChI is InChI=1S/C20H20N4O5S/c1-27-15-8-7-14(24-9-11-28-12-10-24)17-16(15)21-19(30-17)20(26)29-23-22-18(25)13-5-3-2-4-6-13/h2-8,23H,9-12H2,1H3,(H,22,25). The van der Waals surface area contributed by atoms with E-state index < -0.39 is 11.9 Å². The summed E-state index contributed by atoms with van der Waals surface area (Å²) in [6.45, 7) is 2.80. The van der Waals surface area contributed by atoms with Crippen LogP contribution in [0.5, 0.6) is 5.75 Å². The number of nitrogens with one attached hydrogen (secondary N) is 2. The van der Waals surface area contributed by atoms with E-state index in [2.05, 4.69) is 20.9 Å². The molecule has 2 aromatic carbocycles. The summed E-state index contributed by atoms with van der Waals surface area (Å²) in [6.07, 6.45) is 0. The number of aromatic nitrogens is 1. The summed E-state index contributed by atoms with van der Waals surface area (Å²) in [5.41, 5.74) is 6.50. The van der Waals surface area contributed by atoms with E-state index in [0.29, 0.717) is 30.0 Å². The highest BCUT2D eigenvalue weighted by Crippen LogP contribution is 2.38. The van der Waals surface area contributed by atoms with E-state index in [1.165, 1.54) is 11.3 Å². The van der Waals surface area contributed by atoms with Gasteiger partial charge in [0.15, 0.2) is 0 Å². The molecule has 0 spiro atoms. The van der Waals surface area contributed by atoms with Crippen LogP contribution in [0.1, 0.15) is 20.2 Å². The zero-order chi connectivity index (χ0) is 20.9. The van der Waals surface area contributed by atoms with Crippen molar-refractivity contribution in [2.24, 2.45) is 0 Å². The topological polar surface area (TPSA) is 102 Å². The van der Waals surface area contributed by atoms with Gasteiger partial charge in [-0.15, -0.1) is 11.3 Å². The van der Waals surface area contributed by atoms with Crippen molar-refractivity contribution in [2.45, 2.75) is 0 Å². The van der Waals surface area contributed by atoms with Gasteiger partial charge in [0.1, 0.15) is 11.3 Å². The fraction of sp³-hybridized carbons (Fsp3) is 0.250. The second-order valence-corrected chi connectivity index (χ2v) is 7.39. The largest absolute Gasteiger partial charge is 0.494 e. The lowest BCUT2D eigenvalue weighted by atomic mass is 10.2. The average molecular weight is 428 g/mol. The SMILES string of the molecule is COc1ccc(N2CCOCC2)c2sc(C(=O)ONNC(=O)c3ccccc3)nc12. The molecule has 0 radical (unpaired) electrons. The molecule has 2 heterocycles. The molecular formula is C20H20N4O5S. The minimum Gasteiger partial charge on any atom is -0.494 e. The van der Waals surface area contributed by atoms with Crippen molar-refractivity contribution in [3.05, 3.63) is 53.0 Å². The molecule has 30 heavy (non-hydrogen) atoms. The summed E-state index contributed by atoms with van der Waals surface area (Å²) < 4.78 is 11.7. The number of methoxy groups -OCH3 is 1. The number of carbonyl (C=O) groups is 2. The zero-order valence-electron chi connectivity index (χ0n) is 16.2. The Balaban J connectivity index is 1.49. The molecule has 3 aromatic rings. The van der Waals surface area contributed by atoms with Crippen LogP contribution in [0.25, 0.3) is 10.2 Å². The molecule has 0 atom stereocenters. The molecule has 1 aliphatic heterocycles. The van der Waals surface area contributed by atoms with Gasteiger partial charge in [0.05, 0.1) is 30.7 Å². The number of hydrogen-bond donors (Lipinski definition) is 2. The van der Waals surface area contributed by atoms with Crippen molar-refractivity contribution in [3.8, 4) is 5.75 Å². The quantitative estimate of drug-likeness (QED) is 0.576. The molecule has 1 aromatic heterocycles. The second-order valence-electron chi connectivity index (χ2n) is 6.39. The van der Waals surface area contributed by atoms with Crippen LogP contribution in [0.2, 0.25) is 0 Å². The molecule has 1 aliphatic rings. The number of rotatable bonds is 6. The highest BCUT2D eigenvalue weighted by molar-refractivity contribution is 7.20. The van der Waals surface area contributed by atoms with Gasteiger partial charge in [0.2, 0.25) is 5.01 Å². The van der Waals surface area contributed by atoms with Gasteiger partial charge < -0.3 is 19.2 Å². The van der Waals surface area contributed by atoms with Crippen molar-refractivity contribution in [2.75, 3.05) is 38.3 Å². The molecule has 0 aliphatic carbocycles. The minimum atomic E-state index is -0.709. The third-order valence-electron chi connectivity index (χ3n) is 4.58. The summed E-state index contributed by atoms with van der Waals surface area (Å²) in [7, 11) is 1.56. The molecule has 0 saturated carbocycles. The summed E-state index contributed by atoms with van der Waals surface area (Å²) in [4.78, 5) is 36.0. The lowest BCUT2D eigenvalue weighted by molar-refractivity contribution is 0.0137. The Kier molecular flexibility index (Phi) is 6.07. The molecule has 1 amide bonds. The summed E-state index contributed by atoms with van der Waals surface area (Å²) in [5.74, 6) is -0.564. The normalized spacial score (nSPS) is 13.8. The van der Waals surface area contributed by atoms with E-state index >= 15 is 0 Å². The van der Waals surface area contributed by atoms with E-state index in [0.717, 1.165) is 23.5 Å². The van der Waals surface area contributed by atoms with Gasteiger partial charge in [-0.05, 0) is 24.3 Å². The Morgan fingerprint density at radius 1 is 1.13 bits per heavy atom. The number of hydrazine groups is 1. The third kappa shape index (κ3) is 4.20. The van der Waals surface area contributed by atoms with Crippen LogP contribution in [0, 0.1) is 0 Å². The molecule has 1 fully saturated rings. The number of ether oxygens (including phenoxy) is 2. The van der Waals surface area contributed by atoms with E-state index in [1.54, 1.807) is 37.4 Å². The van der Waals surface area contributed by atoms with Crippen LogP contribution in [0.15, 0.2) is 42.5 Å². The van der Waals surface area contributed by atoms with Gasteiger partial charge in [0.25, 0.3) is 5.91 Å². The first-order valence-corrected chi connectivity index (χ1v) is 10.1. The van der Waals surface area contributed by atoms with Gasteiger partial charge in [-0.3, -0.25) is 10.2 Å². The van der Waals surface area contributed by atoms with Gasteiger partial charge >= 0.3 is 5.97 Å². The van der Waals surface area contributed by atoms with Crippen molar-refractivity contribution in [1.29, 1.82) is 0 Å². The molecule has 2 N–H and O–H groups in total. The number of thiazole rings is 1. The lowest BCUT2D eigenvalue weighted by Gasteiger charge is -2.29. The predicted octanol–water partition coefficient (Wildman–Crippen LogP) is 2.15. The molecule has 0 unspecified atom stereocenters. The van der Waals surface area contributed by atoms with E-state index in [1.807, 2.05) is 12.1 Å². The summed E-state index contributed by atoms with van der Waals surface area (Å²) in [5, 5.41) is 0.144. The number of anilines is 1. The summed E-state index contributed by atoms with van der Waals surface area (Å²) >= 11 is 1.21. The number of carbonyl (C=O) groups excluding carboxylic acids is 2. The Hall–Kier alpha value is -3.21. The number of morpholine rings is 1. The maximum atomic E-state index is 12.5. The van der Waals surface area contributed by atoms with Crippen molar-refractivity contribution < 1.29 is 23.9 Å². The van der Waals surface area contributed by atoms with Crippen molar-refractivity contribution in [3.63, 3.8) is 0 Å². The van der Waals surface area contributed by atoms with Crippen molar-refractivity contribution >= 4 is 39.1 Å². The van der Waals surface area contributed by atoms with E-state index in [4.69, 9.17) is 14.3 Å². The molecule has 10 heteroatoms. The molecular weight excluding hydrogens is 408 g/mol. The zero-order valence-corrected chi connectivity index (χ0v) is 17.0. The molecule has 4 rings (SSSR count). The lowest BCUT2D eigenvalue weighted by Crippen LogP contribution is -2.38. The Labute approximate surface area is 176 Å². The predicted molar refractivity (Wildman–Crippen MR) is 112 cm³/mol. The summed E-state index contributed by atoms with van der Waals surface area (Å²) in [6, 6.07) is 12.4. The molecule has 156 valence electrons. The van der Waals surface area contributed by atoms with Crippen LogP contribution < -0.4 is 20.7 Å². The first kappa shape index (κ1) is 20.1. The van der Waals surface area contributed by atoms with Gasteiger partial charge in [-0.1, -0.05) is 23.8 Å². The molecule has 9 nitrogen and oxygen atoms in total. The number of amides is 1. The van der Waals surface area contributed by atoms with Crippen LogP contribution in [-0.4, -0.2) is 50.3 Å². The maximum absolute atomic E-state index is 12.5. The van der Waals surface area contributed by atoms with Crippen LogP contribution in [0.4, 0.5) is 5.69 Å². The number of nitrogens with zero attached hydrogens (tertiary/aromatic N) is 2. The fourth-order valence-electron chi connectivity index (χ4n) is 3.10. The Morgan fingerprint density at radius 3 is 2.63 bits per heavy atom. The Morgan fingerprint density at radius 2 is 1.90 bits per heavy atom. The highest BCUT2D eigenvalue weighted by atomic mass is 32.1. The van der Waals surface area contributed by atoms with Crippen LogP contribution in [-0.2, 0) is 9.57 Å². The minimum absolute atomic E-state index is 0.144. The number of hydrogen-bond acceptors (Lipinski definition) is 9. The number of benzene rings is 2. The van der Waals surface area contributed by atoms with Crippen molar-refractivity contribution in [1.82, 2.24) is 16.0 Å². The molecule has 0 bridgehead atoms. The maximum Gasteiger partial charge on any atom is 0.387 e. The monoisotopic (exact) mass is 428 g/mol. The average Bonchev–Trinajstić information content (AvgIpc) is 3.25. The van der Waals surface area contributed by atoms with Gasteiger partial charge in [-0.25, -0.2) is 9.78 Å². The molecule has 1 saturated heterocycles. The fourth-order valence-corrected chi connectivity index (χ4v) is 4.10. The smallest absolute Gasteiger partial charge is 0.387 e. The first-order chi connectivity index (χ1) is 14.7. The first-order valence-electron chi connectivity index (χ1n) is 9.29. The third-order valence-corrected chi connectivity index (χ3v) is 5.63. The highest BCUT2D eigenvalue weighted by Gasteiger charge is 2.22. The van der Waals surface area contributed by atoms with Crippen LogP contribution >= 0.6 is 11.3 Å². The second kappa shape index (κ2) is 9.08. The van der Waals surface area contributed by atoms with Crippen LogP contribution in [0.3, 0.4) is 0 Å². The Bertz CT molecular complexity index is 1050. The van der Waals surface area contributed by atoms with E-state index in [-0.39, 0.29) is 5.01 Å². The van der Waals surface area contributed by atoms with E-state index in [9.17, 15) is 9.59 Å².